The molecule has 0 amide bonds. The van der Waals surface area contributed by atoms with Gasteiger partial charge in [-0.05, 0) is 61.4 Å². The van der Waals surface area contributed by atoms with Gasteiger partial charge in [-0.3, -0.25) is 0 Å². The monoisotopic (exact) mass is 584 g/mol. The number of carbonyl (C=O) groups excluding carboxylic acids is 1. The molecule has 3 aromatic carbocycles. The van der Waals surface area contributed by atoms with Crippen LogP contribution in [0.3, 0.4) is 0 Å². The van der Waals surface area contributed by atoms with E-state index in [0.29, 0.717) is 44.9 Å². The number of hydrogen-bond donors (Lipinski definition) is 1. The minimum absolute atomic E-state index is 0.272. The second-order valence-electron chi connectivity index (χ2n) is 9.26. The number of hydrogen-bond acceptors (Lipinski definition) is 9. The Morgan fingerprint density at radius 2 is 1.68 bits per heavy atom. The first-order valence-corrected chi connectivity index (χ1v) is 14.3. The number of aromatic nitrogens is 5. The molecule has 11 heteroatoms. The summed E-state index contributed by atoms with van der Waals surface area (Å²) >= 11 is 7.64. The van der Waals surface area contributed by atoms with E-state index in [4.69, 9.17) is 30.8 Å². The summed E-state index contributed by atoms with van der Waals surface area (Å²) in [6.07, 6.45) is 0. The van der Waals surface area contributed by atoms with E-state index in [0.717, 1.165) is 22.3 Å². The molecule has 0 bridgehead atoms. The average molecular weight is 585 g/mol. The van der Waals surface area contributed by atoms with Gasteiger partial charge in [0.2, 0.25) is 22.9 Å². The number of esters is 1. The number of halogens is 1. The number of benzene rings is 3. The number of thioether (sulfide) groups is 1. The van der Waals surface area contributed by atoms with Gasteiger partial charge in [0.25, 0.3) is 0 Å². The van der Waals surface area contributed by atoms with Gasteiger partial charge in [0.05, 0.1) is 12.2 Å². The summed E-state index contributed by atoms with van der Waals surface area (Å²) in [4.78, 5) is 17.7. The maximum absolute atomic E-state index is 13.0. The summed E-state index contributed by atoms with van der Waals surface area (Å²) in [6, 6.07) is 24.5. The highest BCUT2D eigenvalue weighted by atomic mass is 35.5. The van der Waals surface area contributed by atoms with Gasteiger partial charge in [-0.1, -0.05) is 65.8 Å². The average Bonchev–Trinajstić information content (AvgIpc) is 3.64. The molecule has 0 unspecified atom stereocenters. The zero-order chi connectivity index (χ0) is 28.3. The van der Waals surface area contributed by atoms with Crippen LogP contribution in [0.5, 0.6) is 0 Å². The molecule has 5 aromatic rings. The van der Waals surface area contributed by atoms with Crippen molar-refractivity contribution in [2.75, 3.05) is 11.9 Å². The Labute approximate surface area is 245 Å². The van der Waals surface area contributed by atoms with Crippen molar-refractivity contribution in [3.05, 3.63) is 106 Å². The maximum Gasteiger partial charge on any atom is 0.338 e. The Morgan fingerprint density at radius 1 is 1.00 bits per heavy atom. The van der Waals surface area contributed by atoms with E-state index in [1.165, 1.54) is 11.8 Å². The first kappa shape index (κ1) is 26.8. The molecule has 0 aliphatic carbocycles. The minimum atomic E-state index is -0.501. The molecule has 0 radical (unpaired) electrons. The number of allylic oxidation sites excluding steroid dienone is 1. The standard InChI is InChI=1S/C30H25ClN6O3S/c1-3-39-28(38)24-18(2)32-29-33-30(36-37(29)25(24)20-13-15-23(31)16-14-20)41-17-19-9-11-22(12-10-19)27-35-34-26(40-27)21-7-5-4-6-8-21/h4-16,25H,3,17H2,1-2H3,(H,32,33,36)/t25-/m1/s1. The molecular formula is C30H25ClN6O3S. The molecule has 0 saturated heterocycles. The summed E-state index contributed by atoms with van der Waals surface area (Å²) in [7, 11) is 0. The largest absolute Gasteiger partial charge is 0.463 e. The van der Waals surface area contributed by atoms with Gasteiger partial charge in [-0.2, -0.15) is 4.98 Å². The first-order chi connectivity index (χ1) is 20.0. The third-order valence-corrected chi connectivity index (χ3v) is 7.69. The summed E-state index contributed by atoms with van der Waals surface area (Å²) < 4.78 is 13.0. The van der Waals surface area contributed by atoms with Crippen LogP contribution in [0.1, 0.15) is 31.0 Å². The van der Waals surface area contributed by atoms with Gasteiger partial charge >= 0.3 is 5.97 Å². The normalized spacial score (nSPS) is 14.5. The molecule has 41 heavy (non-hydrogen) atoms. The van der Waals surface area contributed by atoms with Crippen molar-refractivity contribution < 1.29 is 13.9 Å². The van der Waals surface area contributed by atoms with Crippen LogP contribution in [-0.2, 0) is 15.3 Å². The molecule has 0 saturated carbocycles. The molecule has 1 N–H and O–H groups in total. The van der Waals surface area contributed by atoms with Crippen LogP contribution < -0.4 is 5.32 Å². The predicted octanol–water partition coefficient (Wildman–Crippen LogP) is 6.79. The lowest BCUT2D eigenvalue weighted by Crippen LogP contribution is -2.29. The van der Waals surface area contributed by atoms with E-state index < -0.39 is 12.0 Å². The van der Waals surface area contributed by atoms with Crippen molar-refractivity contribution in [2.24, 2.45) is 0 Å². The molecule has 1 atom stereocenters. The second-order valence-corrected chi connectivity index (χ2v) is 10.6. The fourth-order valence-electron chi connectivity index (χ4n) is 4.55. The van der Waals surface area contributed by atoms with Crippen LogP contribution in [0.25, 0.3) is 22.9 Å². The topological polar surface area (TPSA) is 108 Å². The van der Waals surface area contributed by atoms with E-state index in [9.17, 15) is 4.79 Å². The lowest BCUT2D eigenvalue weighted by atomic mass is 9.96. The number of anilines is 1. The highest BCUT2D eigenvalue weighted by Gasteiger charge is 2.35. The van der Waals surface area contributed by atoms with Crippen molar-refractivity contribution in [3.8, 4) is 22.9 Å². The maximum atomic E-state index is 13.0. The van der Waals surface area contributed by atoms with Crippen LogP contribution in [0.2, 0.25) is 5.02 Å². The molecule has 9 nitrogen and oxygen atoms in total. The summed E-state index contributed by atoms with van der Waals surface area (Å²) in [5, 5.41) is 17.6. The summed E-state index contributed by atoms with van der Waals surface area (Å²) in [6.45, 7) is 3.90. The van der Waals surface area contributed by atoms with Crippen molar-refractivity contribution in [2.45, 2.75) is 30.8 Å². The van der Waals surface area contributed by atoms with Gasteiger partial charge in [-0.25, -0.2) is 9.48 Å². The van der Waals surface area contributed by atoms with E-state index in [1.54, 1.807) is 23.7 Å². The highest BCUT2D eigenvalue weighted by Crippen LogP contribution is 2.37. The van der Waals surface area contributed by atoms with E-state index in [2.05, 4.69) is 15.5 Å². The van der Waals surface area contributed by atoms with Crippen LogP contribution >= 0.6 is 23.4 Å². The van der Waals surface area contributed by atoms with Crippen molar-refractivity contribution in [3.63, 3.8) is 0 Å². The van der Waals surface area contributed by atoms with Crippen LogP contribution in [0.15, 0.2) is 99.7 Å². The molecule has 0 spiro atoms. The van der Waals surface area contributed by atoms with Crippen LogP contribution in [-0.4, -0.2) is 37.5 Å². The molecular weight excluding hydrogens is 560 g/mol. The Bertz CT molecular complexity index is 1720. The second kappa shape index (κ2) is 11.6. The molecule has 1 aliphatic heterocycles. The van der Waals surface area contributed by atoms with E-state index in [-0.39, 0.29) is 6.61 Å². The Kier molecular flexibility index (Phi) is 7.58. The quantitative estimate of drug-likeness (QED) is 0.156. The summed E-state index contributed by atoms with van der Waals surface area (Å²) in [5.41, 5.74) is 4.81. The Hall–Kier alpha value is -4.41. The first-order valence-electron chi connectivity index (χ1n) is 13.0. The molecule has 0 fully saturated rings. The van der Waals surface area contributed by atoms with Crippen molar-refractivity contribution >= 4 is 35.3 Å². The number of fused-ring (bicyclic) bond motifs is 1. The predicted molar refractivity (Wildman–Crippen MR) is 157 cm³/mol. The number of rotatable bonds is 8. The SMILES string of the molecule is CCOC(=O)C1=C(C)Nc2nc(SCc3ccc(-c4nnc(-c5ccccc5)o4)cc3)nn2[C@@H]1c1ccc(Cl)cc1. The van der Waals surface area contributed by atoms with E-state index >= 15 is 0 Å². The zero-order valence-electron chi connectivity index (χ0n) is 22.2. The van der Waals surface area contributed by atoms with Gasteiger partial charge in [0, 0.05) is 27.6 Å². The fraction of sp³-hybridized carbons (Fsp3) is 0.167. The minimum Gasteiger partial charge on any atom is -0.463 e. The zero-order valence-corrected chi connectivity index (χ0v) is 23.8. The Morgan fingerprint density at radius 3 is 2.37 bits per heavy atom. The third-order valence-electron chi connectivity index (χ3n) is 6.53. The van der Waals surface area contributed by atoms with Gasteiger partial charge < -0.3 is 14.5 Å². The third kappa shape index (κ3) is 5.61. The number of nitrogens with zero attached hydrogens (tertiary/aromatic N) is 5. The van der Waals surface area contributed by atoms with E-state index in [1.807, 2.05) is 73.7 Å². The van der Waals surface area contributed by atoms with Gasteiger partial charge in [0.1, 0.15) is 6.04 Å². The van der Waals surface area contributed by atoms with Crippen LogP contribution in [0, 0.1) is 0 Å². The molecule has 3 heterocycles. The van der Waals surface area contributed by atoms with Gasteiger partial charge in [-0.15, -0.1) is 15.3 Å². The summed E-state index contributed by atoms with van der Waals surface area (Å²) in [5.74, 6) is 1.75. The Balaban J connectivity index is 1.20. The lowest BCUT2D eigenvalue weighted by molar-refractivity contribution is -0.139. The molecule has 2 aromatic heterocycles. The van der Waals surface area contributed by atoms with Crippen molar-refractivity contribution in [1.29, 1.82) is 0 Å². The van der Waals surface area contributed by atoms with Crippen LogP contribution in [0.4, 0.5) is 5.95 Å². The number of ether oxygens (including phenoxy) is 1. The molecule has 6 rings (SSSR count). The number of nitrogens with one attached hydrogen (secondary N) is 1. The van der Waals surface area contributed by atoms with Gasteiger partial charge in [0.15, 0.2) is 0 Å². The molecule has 1 aliphatic rings. The molecule has 206 valence electrons. The lowest BCUT2D eigenvalue weighted by Gasteiger charge is -2.28. The number of carbonyl (C=O) groups is 1. The fourth-order valence-corrected chi connectivity index (χ4v) is 5.46. The highest BCUT2D eigenvalue weighted by molar-refractivity contribution is 7.98. The smallest absolute Gasteiger partial charge is 0.338 e. The van der Waals surface area contributed by atoms with Crippen molar-refractivity contribution in [1.82, 2.24) is 25.0 Å².